The van der Waals surface area contributed by atoms with Crippen LogP contribution >= 0.6 is 7.82 Å². The van der Waals surface area contributed by atoms with Gasteiger partial charge in [-0.3, -0.25) is 18.4 Å². The van der Waals surface area contributed by atoms with Crippen LogP contribution in [0.15, 0.2) is 84.9 Å². The van der Waals surface area contributed by atoms with Gasteiger partial charge in [0, 0.05) is 31.5 Å². The average Bonchev–Trinajstić information content (AvgIpc) is 2.99. The number of carbonyl (C=O) groups is 1. The van der Waals surface area contributed by atoms with Crippen LogP contribution in [0.25, 0.3) is 0 Å². The van der Waals surface area contributed by atoms with Gasteiger partial charge in [-0.1, -0.05) is 85.3 Å². The molecule has 4 rings (SSSR count). The standard InChI is InChI=1S/C33H35F3NO6P/c34-33(35,36)42-30-21-19-27(20-22-30)13-7-3-1-2-4-12-18-32(38)37-23-31(24-37)43-44(39,40-25-28-14-8-5-9-15-28)41-26-29-16-10-6-11-17-29/h5-6,8-11,14-17,19-22,31H,1-4,12,18,23-26H2. The molecule has 0 spiro atoms. The predicted octanol–water partition coefficient (Wildman–Crippen LogP) is 8.05. The minimum atomic E-state index is -4.72. The minimum absolute atomic E-state index is 0.0211. The second-order valence-corrected chi connectivity index (χ2v) is 11.9. The first-order chi connectivity index (χ1) is 21.2. The second kappa shape index (κ2) is 16.5. The number of hydrogen-bond acceptors (Lipinski definition) is 6. The molecular formula is C33H35F3NO6P. The lowest BCUT2D eigenvalue weighted by molar-refractivity contribution is -0.274. The van der Waals surface area contributed by atoms with Crippen LogP contribution in [0.4, 0.5) is 13.2 Å². The Labute approximate surface area is 255 Å². The van der Waals surface area contributed by atoms with Crippen molar-refractivity contribution < 1.29 is 40.8 Å². The zero-order chi connectivity index (χ0) is 31.3. The Bertz CT molecular complexity index is 1370. The van der Waals surface area contributed by atoms with Crippen molar-refractivity contribution >= 4 is 13.7 Å². The van der Waals surface area contributed by atoms with Crippen LogP contribution in [0, 0.1) is 11.8 Å². The molecule has 0 atom stereocenters. The largest absolute Gasteiger partial charge is 0.573 e. The molecule has 0 bridgehead atoms. The molecule has 0 N–H and O–H groups in total. The van der Waals surface area contributed by atoms with Gasteiger partial charge in [-0.05, 0) is 48.2 Å². The van der Waals surface area contributed by atoms with Crippen LogP contribution in [0.5, 0.6) is 5.75 Å². The summed E-state index contributed by atoms with van der Waals surface area (Å²) in [6.45, 7) is 0.791. The summed E-state index contributed by atoms with van der Waals surface area (Å²) in [5.41, 5.74) is 2.29. The fraction of sp³-hybridized carbons (Fsp3) is 0.364. The molecule has 0 unspecified atom stereocenters. The van der Waals surface area contributed by atoms with Gasteiger partial charge in [-0.15, -0.1) is 13.2 Å². The van der Waals surface area contributed by atoms with Crippen molar-refractivity contribution in [3.8, 4) is 17.6 Å². The van der Waals surface area contributed by atoms with Gasteiger partial charge in [0.25, 0.3) is 0 Å². The van der Waals surface area contributed by atoms with Gasteiger partial charge in [0.15, 0.2) is 0 Å². The highest BCUT2D eigenvalue weighted by Crippen LogP contribution is 2.53. The van der Waals surface area contributed by atoms with Crippen molar-refractivity contribution in [2.75, 3.05) is 13.1 Å². The van der Waals surface area contributed by atoms with Gasteiger partial charge in [-0.25, -0.2) is 4.57 Å². The summed E-state index contributed by atoms with van der Waals surface area (Å²) in [5.74, 6) is 5.69. The molecule has 0 aliphatic carbocycles. The predicted molar refractivity (Wildman–Crippen MR) is 159 cm³/mol. The number of hydrogen-bond donors (Lipinski definition) is 0. The van der Waals surface area contributed by atoms with Crippen molar-refractivity contribution in [3.05, 3.63) is 102 Å². The summed E-state index contributed by atoms with van der Waals surface area (Å²) < 4.78 is 71.1. The van der Waals surface area contributed by atoms with Crippen LogP contribution in [-0.4, -0.2) is 36.4 Å². The normalized spacial score (nSPS) is 13.6. The molecule has 7 nitrogen and oxygen atoms in total. The Kier molecular flexibility index (Phi) is 12.5. The lowest BCUT2D eigenvalue weighted by Crippen LogP contribution is -2.54. The van der Waals surface area contributed by atoms with Gasteiger partial charge in [0.1, 0.15) is 11.9 Å². The van der Waals surface area contributed by atoms with Gasteiger partial charge in [0.05, 0.1) is 13.2 Å². The number of nitrogens with zero attached hydrogens (tertiary/aromatic N) is 1. The topological polar surface area (TPSA) is 74.3 Å². The van der Waals surface area contributed by atoms with E-state index in [4.69, 9.17) is 13.6 Å². The number of amides is 1. The molecule has 1 aliphatic rings. The monoisotopic (exact) mass is 629 g/mol. The molecular weight excluding hydrogens is 594 g/mol. The molecule has 1 fully saturated rings. The number of phosphoric acid groups is 1. The van der Waals surface area contributed by atoms with E-state index in [2.05, 4.69) is 16.6 Å². The first-order valence-corrected chi connectivity index (χ1v) is 15.9. The second-order valence-electron chi connectivity index (χ2n) is 10.3. The van der Waals surface area contributed by atoms with Gasteiger partial charge >= 0.3 is 14.2 Å². The van der Waals surface area contributed by atoms with Crippen molar-refractivity contribution in [2.45, 2.75) is 64.2 Å². The van der Waals surface area contributed by atoms with E-state index in [0.29, 0.717) is 31.5 Å². The summed E-state index contributed by atoms with van der Waals surface area (Å²) in [5, 5.41) is 0. The Hall–Kier alpha value is -3.61. The number of ether oxygens (including phenoxy) is 1. The first-order valence-electron chi connectivity index (χ1n) is 14.5. The maximum Gasteiger partial charge on any atom is 0.573 e. The minimum Gasteiger partial charge on any atom is -0.406 e. The van der Waals surface area contributed by atoms with E-state index in [-0.39, 0.29) is 24.9 Å². The number of rotatable bonds is 15. The summed E-state index contributed by atoms with van der Waals surface area (Å²) in [7, 11) is -3.89. The van der Waals surface area contributed by atoms with E-state index in [1.54, 1.807) is 4.90 Å². The SMILES string of the molecule is O=C(CCCCCCC#Cc1ccc(OC(F)(F)F)cc1)N1CC(OP(=O)(OCc2ccccc2)OCc2ccccc2)C1. The molecule has 1 amide bonds. The van der Waals surface area contributed by atoms with Crippen LogP contribution < -0.4 is 4.74 Å². The molecule has 3 aromatic carbocycles. The third kappa shape index (κ3) is 11.8. The fourth-order valence-electron chi connectivity index (χ4n) is 4.35. The molecule has 234 valence electrons. The lowest BCUT2D eigenvalue weighted by Gasteiger charge is -2.39. The molecule has 1 saturated heterocycles. The number of alkyl halides is 3. The van der Waals surface area contributed by atoms with E-state index in [0.717, 1.165) is 36.8 Å². The highest BCUT2D eigenvalue weighted by atomic mass is 31.2. The van der Waals surface area contributed by atoms with Crippen LogP contribution in [0.2, 0.25) is 0 Å². The van der Waals surface area contributed by atoms with Gasteiger partial charge in [-0.2, -0.15) is 0 Å². The fourth-order valence-corrected chi connectivity index (χ4v) is 5.66. The summed E-state index contributed by atoms with van der Waals surface area (Å²) in [6.07, 6.45) is -0.705. The Morgan fingerprint density at radius 2 is 1.39 bits per heavy atom. The smallest absolute Gasteiger partial charge is 0.406 e. The zero-order valence-electron chi connectivity index (χ0n) is 24.2. The van der Waals surface area contributed by atoms with Crippen molar-refractivity contribution in [3.63, 3.8) is 0 Å². The van der Waals surface area contributed by atoms with Gasteiger partial charge in [0.2, 0.25) is 5.91 Å². The lowest BCUT2D eigenvalue weighted by atomic mass is 10.1. The maximum atomic E-state index is 13.5. The molecule has 11 heteroatoms. The maximum absolute atomic E-state index is 13.5. The van der Waals surface area contributed by atoms with Crippen LogP contribution in [0.3, 0.4) is 0 Å². The van der Waals surface area contributed by atoms with E-state index in [9.17, 15) is 22.5 Å². The summed E-state index contributed by atoms with van der Waals surface area (Å²) in [6, 6.07) is 24.1. The highest BCUT2D eigenvalue weighted by Gasteiger charge is 2.39. The van der Waals surface area contributed by atoms with Crippen LogP contribution in [0.1, 0.15) is 55.2 Å². The van der Waals surface area contributed by atoms with E-state index < -0.39 is 20.3 Å². The number of phosphoric ester groups is 1. The Morgan fingerprint density at radius 1 is 0.818 bits per heavy atom. The first kappa shape index (κ1) is 33.3. The number of unbranched alkanes of at least 4 members (excludes halogenated alkanes) is 4. The van der Waals surface area contributed by atoms with E-state index in [1.165, 1.54) is 24.3 Å². The quantitative estimate of drug-likeness (QED) is 0.0963. The summed E-state index contributed by atoms with van der Waals surface area (Å²) >= 11 is 0. The number of likely N-dealkylation sites (tertiary alicyclic amines) is 1. The number of benzene rings is 3. The van der Waals surface area contributed by atoms with E-state index >= 15 is 0 Å². The van der Waals surface area contributed by atoms with E-state index in [1.807, 2.05) is 60.7 Å². The molecule has 1 aliphatic heterocycles. The molecule has 3 aromatic rings. The van der Waals surface area contributed by atoms with Gasteiger partial charge < -0.3 is 9.64 Å². The third-order valence-corrected chi connectivity index (χ3v) is 8.15. The van der Waals surface area contributed by atoms with Crippen molar-refractivity contribution in [1.29, 1.82) is 0 Å². The molecule has 0 saturated carbocycles. The average molecular weight is 630 g/mol. The molecule has 0 aromatic heterocycles. The van der Waals surface area contributed by atoms with Crippen molar-refractivity contribution in [1.82, 2.24) is 4.90 Å². The Morgan fingerprint density at radius 3 is 1.95 bits per heavy atom. The molecule has 44 heavy (non-hydrogen) atoms. The van der Waals surface area contributed by atoms with Crippen molar-refractivity contribution in [2.24, 2.45) is 0 Å². The summed E-state index contributed by atoms with van der Waals surface area (Å²) in [4.78, 5) is 14.3. The zero-order valence-corrected chi connectivity index (χ0v) is 25.1. The molecule has 0 radical (unpaired) electrons. The number of carbonyl (C=O) groups excluding carboxylic acids is 1. The molecule has 1 heterocycles. The number of halogens is 3. The third-order valence-electron chi connectivity index (χ3n) is 6.71. The van der Waals surface area contributed by atoms with Crippen LogP contribution in [-0.2, 0) is 36.1 Å². The highest BCUT2D eigenvalue weighted by molar-refractivity contribution is 7.48. The Balaban J connectivity index is 1.11.